The van der Waals surface area contributed by atoms with Gasteiger partial charge in [-0.1, -0.05) is 0 Å². The van der Waals surface area contributed by atoms with Gasteiger partial charge in [0.2, 0.25) is 5.82 Å². The first kappa shape index (κ1) is 22.1. The predicted octanol–water partition coefficient (Wildman–Crippen LogP) is 4.45. The smallest absolute Gasteiger partial charge is 0.227 e. The van der Waals surface area contributed by atoms with Crippen LogP contribution in [0, 0.1) is 0 Å². The lowest BCUT2D eigenvalue weighted by Gasteiger charge is -2.31. The third-order valence-corrected chi connectivity index (χ3v) is 2.78. The lowest BCUT2D eigenvalue weighted by atomic mass is 9.99. The molecular weight excluding hydrogens is 416 g/mol. The highest BCUT2D eigenvalue weighted by Gasteiger charge is 2.78. The minimum atomic E-state index is -6.97. The molecule has 1 aromatic rings. The van der Waals surface area contributed by atoms with Gasteiger partial charge >= 0.3 is 36.0 Å². The maximum atomic E-state index is 13.6. The Balaban J connectivity index is 3.80. The molecule has 3 nitrogen and oxygen atoms in total. The summed E-state index contributed by atoms with van der Waals surface area (Å²) in [6.45, 7) is 0. The summed E-state index contributed by atoms with van der Waals surface area (Å²) in [5.41, 5.74) is -16.3. The van der Waals surface area contributed by atoms with Crippen molar-refractivity contribution in [3.05, 3.63) is 17.7 Å². The normalized spacial score (nSPS) is 15.3. The molecule has 1 aromatic heterocycles. The fraction of sp³-hybridized carbons (Fsp3) is 0.667. The van der Waals surface area contributed by atoms with Crippen LogP contribution in [-0.2, 0) is 11.3 Å². The highest BCUT2D eigenvalue weighted by Crippen LogP contribution is 2.55. The Hall–Kier alpha value is -1.97. The zero-order valence-electron chi connectivity index (χ0n) is 11.2. The van der Waals surface area contributed by atoms with E-state index in [1.54, 1.807) is 4.98 Å². The third kappa shape index (κ3) is 3.10. The molecule has 0 spiro atoms. The second-order valence-corrected chi connectivity index (χ2v) is 4.47. The van der Waals surface area contributed by atoms with E-state index in [4.69, 9.17) is 0 Å². The average Bonchev–Trinajstić information content (AvgIpc) is 2.40. The number of hydrogen-bond acceptors (Lipinski definition) is 3. The van der Waals surface area contributed by atoms with Crippen molar-refractivity contribution in [2.24, 2.45) is 0 Å². The van der Waals surface area contributed by atoms with Crippen molar-refractivity contribution < 1.29 is 61.5 Å². The molecule has 0 saturated heterocycles. The zero-order valence-corrected chi connectivity index (χ0v) is 11.2. The lowest BCUT2D eigenvalue weighted by molar-refractivity contribution is -0.354. The van der Waals surface area contributed by atoms with Crippen LogP contribution in [0.4, 0.5) is 61.5 Å². The molecule has 0 bridgehead atoms. The molecule has 17 heteroatoms. The van der Waals surface area contributed by atoms with Gasteiger partial charge in [0.15, 0.2) is 0 Å². The maximum Gasteiger partial charge on any atom is 0.439 e. The summed E-state index contributed by atoms with van der Waals surface area (Å²) in [6, 6.07) is 0. The van der Waals surface area contributed by atoms with Gasteiger partial charge in [-0.2, -0.15) is 57.8 Å². The molecule has 0 aliphatic carbocycles. The number of halogens is 14. The molecule has 1 heterocycles. The summed E-state index contributed by atoms with van der Waals surface area (Å²) < 4.78 is 177. The van der Waals surface area contributed by atoms with Crippen LogP contribution < -0.4 is 0 Å². The van der Waals surface area contributed by atoms with E-state index in [-0.39, 0.29) is 0 Å². The summed E-state index contributed by atoms with van der Waals surface area (Å²) in [6.07, 6.45) is -28.7. The largest absolute Gasteiger partial charge is 0.439 e. The molecule has 0 aliphatic rings. The van der Waals surface area contributed by atoms with Crippen LogP contribution in [0.25, 0.3) is 0 Å². The standard InChI is InChI=1S/C9HF14N3/c10-4(6(12,13)14,7(15,16)17)2-1-24-26-3(25-2)5(11,8(18,19)20)9(21,22)23/h1H. The molecule has 1 rings (SSSR count). The number of aromatic nitrogens is 3. The fourth-order valence-electron chi connectivity index (χ4n) is 1.48. The van der Waals surface area contributed by atoms with Gasteiger partial charge in [0.1, 0.15) is 5.69 Å². The van der Waals surface area contributed by atoms with Gasteiger partial charge in [-0.3, -0.25) is 0 Å². The van der Waals surface area contributed by atoms with Crippen LogP contribution in [0.5, 0.6) is 0 Å². The number of alkyl halides is 14. The molecule has 0 unspecified atom stereocenters. The summed E-state index contributed by atoms with van der Waals surface area (Å²) in [4.78, 5) is 1.58. The minimum Gasteiger partial charge on any atom is -0.227 e. The van der Waals surface area contributed by atoms with Crippen molar-refractivity contribution in [1.29, 1.82) is 0 Å². The van der Waals surface area contributed by atoms with Gasteiger partial charge in [0, 0.05) is 0 Å². The van der Waals surface area contributed by atoms with E-state index in [2.05, 4.69) is 0 Å². The van der Waals surface area contributed by atoms with Gasteiger partial charge in [-0.25, -0.2) is 13.8 Å². The number of hydrogen-bond donors (Lipinski definition) is 0. The predicted molar refractivity (Wildman–Crippen MR) is 49.6 cm³/mol. The van der Waals surface area contributed by atoms with E-state index in [1.807, 2.05) is 10.2 Å². The topological polar surface area (TPSA) is 38.7 Å². The second kappa shape index (κ2) is 5.77. The summed E-state index contributed by atoms with van der Waals surface area (Å²) in [5, 5.41) is 3.82. The highest BCUT2D eigenvalue weighted by atomic mass is 19.4. The van der Waals surface area contributed by atoms with E-state index in [0.717, 1.165) is 0 Å². The Morgan fingerprint density at radius 1 is 0.538 bits per heavy atom. The van der Waals surface area contributed by atoms with Crippen LogP contribution in [-0.4, -0.2) is 39.9 Å². The van der Waals surface area contributed by atoms with Gasteiger partial charge in [-0.15, -0.1) is 5.10 Å². The highest BCUT2D eigenvalue weighted by molar-refractivity contribution is 5.19. The number of nitrogens with zero attached hydrogens (tertiary/aromatic N) is 3. The molecule has 0 saturated carbocycles. The van der Waals surface area contributed by atoms with E-state index in [9.17, 15) is 61.5 Å². The maximum absolute atomic E-state index is 13.6. The van der Waals surface area contributed by atoms with Crippen molar-refractivity contribution in [3.8, 4) is 0 Å². The van der Waals surface area contributed by atoms with E-state index in [0.29, 0.717) is 0 Å². The van der Waals surface area contributed by atoms with Crippen LogP contribution in [0.2, 0.25) is 0 Å². The lowest BCUT2D eigenvalue weighted by Crippen LogP contribution is -2.54. The van der Waals surface area contributed by atoms with Gasteiger partial charge in [0.05, 0.1) is 6.20 Å². The van der Waals surface area contributed by atoms with Crippen LogP contribution in [0.15, 0.2) is 6.20 Å². The molecule has 0 fully saturated rings. The average molecular weight is 417 g/mol. The van der Waals surface area contributed by atoms with Crippen LogP contribution in [0.3, 0.4) is 0 Å². The fourth-order valence-corrected chi connectivity index (χ4v) is 1.48. The van der Waals surface area contributed by atoms with Crippen molar-refractivity contribution >= 4 is 0 Å². The van der Waals surface area contributed by atoms with Crippen molar-refractivity contribution in [2.75, 3.05) is 0 Å². The summed E-state index contributed by atoms with van der Waals surface area (Å²) in [5.74, 6) is -3.30. The Kier molecular flexibility index (Phi) is 4.89. The Morgan fingerprint density at radius 3 is 1.19 bits per heavy atom. The third-order valence-electron chi connectivity index (χ3n) is 2.78. The molecule has 26 heavy (non-hydrogen) atoms. The molecule has 0 amide bonds. The van der Waals surface area contributed by atoms with E-state index in [1.165, 1.54) is 0 Å². The monoisotopic (exact) mass is 417 g/mol. The van der Waals surface area contributed by atoms with Gasteiger partial charge in [-0.05, 0) is 0 Å². The molecular formula is C9HF14N3. The van der Waals surface area contributed by atoms with Crippen molar-refractivity contribution in [3.63, 3.8) is 0 Å². The minimum absolute atomic E-state index is 0.836. The summed E-state index contributed by atoms with van der Waals surface area (Å²) >= 11 is 0. The molecule has 0 atom stereocenters. The molecule has 0 radical (unpaired) electrons. The van der Waals surface area contributed by atoms with Crippen LogP contribution >= 0.6 is 0 Å². The molecule has 0 N–H and O–H groups in total. The zero-order chi connectivity index (χ0) is 21.0. The quantitative estimate of drug-likeness (QED) is 0.668. The van der Waals surface area contributed by atoms with Crippen molar-refractivity contribution in [2.45, 2.75) is 36.0 Å². The second-order valence-electron chi connectivity index (χ2n) is 4.47. The first-order valence-electron chi connectivity index (χ1n) is 5.56. The van der Waals surface area contributed by atoms with Crippen molar-refractivity contribution in [1.82, 2.24) is 15.2 Å². The summed E-state index contributed by atoms with van der Waals surface area (Å²) in [7, 11) is 0. The van der Waals surface area contributed by atoms with E-state index >= 15 is 0 Å². The first-order valence-corrected chi connectivity index (χ1v) is 5.56. The van der Waals surface area contributed by atoms with Gasteiger partial charge in [0.25, 0.3) is 0 Å². The Morgan fingerprint density at radius 2 is 0.885 bits per heavy atom. The van der Waals surface area contributed by atoms with Crippen LogP contribution in [0.1, 0.15) is 11.5 Å². The number of rotatable bonds is 2. The van der Waals surface area contributed by atoms with Gasteiger partial charge < -0.3 is 0 Å². The Labute approximate surface area is 132 Å². The molecule has 150 valence electrons. The first-order chi connectivity index (χ1) is 11.2. The Bertz CT molecular complexity index is 572. The SMILES string of the molecule is FC(F)(F)C(F)(c1cnnc(C(F)(C(F)(F)F)C(F)(F)F)n1)C(F)(F)F. The molecule has 0 aromatic carbocycles. The van der Waals surface area contributed by atoms with E-state index < -0.39 is 53.8 Å². The molecule has 0 aliphatic heterocycles.